The Hall–Kier alpha value is -1.40. The maximum absolute atomic E-state index is 11.6. The van der Waals surface area contributed by atoms with E-state index in [2.05, 4.69) is 0 Å². The van der Waals surface area contributed by atoms with E-state index in [9.17, 15) is 13.2 Å². The van der Waals surface area contributed by atoms with Gasteiger partial charge < -0.3 is 11.5 Å². The first-order valence-electron chi connectivity index (χ1n) is 4.70. The summed E-state index contributed by atoms with van der Waals surface area (Å²) in [6.45, 7) is 0. The number of amides is 1. The number of hydrogen-bond acceptors (Lipinski definition) is 4. The van der Waals surface area contributed by atoms with E-state index in [1.807, 2.05) is 0 Å². The van der Waals surface area contributed by atoms with E-state index in [1.165, 1.54) is 0 Å². The summed E-state index contributed by atoms with van der Waals surface area (Å²) in [4.78, 5) is 10.7. The van der Waals surface area contributed by atoms with Crippen LogP contribution in [0.15, 0.2) is 30.3 Å². The van der Waals surface area contributed by atoms with Crippen LogP contribution in [0.3, 0.4) is 0 Å². The number of primary amides is 1. The first-order valence-corrected chi connectivity index (χ1v) is 6.52. The Morgan fingerprint density at radius 2 is 1.81 bits per heavy atom. The van der Waals surface area contributed by atoms with Crippen molar-refractivity contribution >= 4 is 15.7 Å². The first-order chi connectivity index (χ1) is 7.41. The lowest BCUT2D eigenvalue weighted by Gasteiger charge is -2.08. The average Bonchev–Trinajstić information content (AvgIpc) is 2.17. The molecular weight excluding hydrogens is 228 g/mol. The quantitative estimate of drug-likeness (QED) is 0.720. The highest BCUT2D eigenvalue weighted by atomic mass is 32.2. The molecule has 0 unspecified atom stereocenters. The van der Waals surface area contributed by atoms with Crippen LogP contribution in [0.25, 0.3) is 0 Å². The molecule has 0 fully saturated rings. The molecule has 88 valence electrons. The van der Waals surface area contributed by atoms with Crippen LogP contribution in [0.2, 0.25) is 0 Å². The fourth-order valence-electron chi connectivity index (χ4n) is 1.24. The number of benzene rings is 1. The van der Waals surface area contributed by atoms with Gasteiger partial charge in [-0.2, -0.15) is 0 Å². The number of carbonyl (C=O) groups excluding carboxylic acids is 1. The number of carbonyl (C=O) groups is 1. The van der Waals surface area contributed by atoms with Gasteiger partial charge >= 0.3 is 0 Å². The SMILES string of the molecule is NC(=O)[C@@H](N)CS(=O)(=O)Cc1ccccc1. The fraction of sp³-hybridized carbons (Fsp3) is 0.300. The molecule has 1 amide bonds. The van der Waals surface area contributed by atoms with Gasteiger partial charge in [0.1, 0.15) is 0 Å². The summed E-state index contributed by atoms with van der Waals surface area (Å²) in [5.74, 6) is -1.36. The van der Waals surface area contributed by atoms with Crippen LogP contribution in [0, 0.1) is 0 Å². The summed E-state index contributed by atoms with van der Waals surface area (Å²) in [6, 6.07) is 7.55. The third-order valence-corrected chi connectivity index (χ3v) is 3.67. The van der Waals surface area contributed by atoms with Crippen molar-refractivity contribution in [2.75, 3.05) is 5.75 Å². The molecule has 0 aliphatic rings. The molecule has 0 aliphatic heterocycles. The van der Waals surface area contributed by atoms with Crippen molar-refractivity contribution in [1.82, 2.24) is 0 Å². The molecule has 1 atom stereocenters. The first kappa shape index (κ1) is 12.7. The van der Waals surface area contributed by atoms with E-state index in [1.54, 1.807) is 30.3 Å². The van der Waals surface area contributed by atoms with Gasteiger partial charge in [0.15, 0.2) is 9.84 Å². The second-order valence-electron chi connectivity index (χ2n) is 3.55. The van der Waals surface area contributed by atoms with Gasteiger partial charge in [-0.15, -0.1) is 0 Å². The predicted octanol–water partition coefficient (Wildman–Crippen LogP) is -0.586. The topological polar surface area (TPSA) is 103 Å². The van der Waals surface area contributed by atoms with E-state index in [0.717, 1.165) is 0 Å². The van der Waals surface area contributed by atoms with Crippen molar-refractivity contribution in [2.45, 2.75) is 11.8 Å². The highest BCUT2D eigenvalue weighted by molar-refractivity contribution is 7.90. The Morgan fingerprint density at radius 1 is 1.25 bits per heavy atom. The summed E-state index contributed by atoms with van der Waals surface area (Å²) in [7, 11) is -3.40. The molecule has 0 spiro atoms. The van der Waals surface area contributed by atoms with Gasteiger partial charge in [-0.3, -0.25) is 4.79 Å². The second kappa shape index (κ2) is 5.09. The average molecular weight is 242 g/mol. The molecule has 0 bridgehead atoms. The molecule has 0 saturated heterocycles. The lowest BCUT2D eigenvalue weighted by atomic mass is 10.2. The molecule has 0 heterocycles. The lowest BCUT2D eigenvalue weighted by Crippen LogP contribution is -2.42. The van der Waals surface area contributed by atoms with Gasteiger partial charge in [-0.25, -0.2) is 8.42 Å². The molecule has 1 aromatic carbocycles. The molecule has 16 heavy (non-hydrogen) atoms. The van der Waals surface area contributed by atoms with Gasteiger partial charge in [0.25, 0.3) is 0 Å². The molecule has 0 saturated carbocycles. The molecule has 0 radical (unpaired) electrons. The summed E-state index contributed by atoms with van der Waals surface area (Å²) in [5, 5.41) is 0. The van der Waals surface area contributed by atoms with Crippen molar-refractivity contribution < 1.29 is 13.2 Å². The van der Waals surface area contributed by atoms with Crippen LogP contribution < -0.4 is 11.5 Å². The minimum Gasteiger partial charge on any atom is -0.368 e. The van der Waals surface area contributed by atoms with Gasteiger partial charge in [-0.1, -0.05) is 30.3 Å². The van der Waals surface area contributed by atoms with Crippen molar-refractivity contribution in [2.24, 2.45) is 11.5 Å². The number of hydrogen-bond donors (Lipinski definition) is 2. The van der Waals surface area contributed by atoms with Crippen molar-refractivity contribution in [3.63, 3.8) is 0 Å². The smallest absolute Gasteiger partial charge is 0.235 e. The molecular formula is C10H14N2O3S. The zero-order valence-electron chi connectivity index (χ0n) is 8.67. The van der Waals surface area contributed by atoms with Gasteiger partial charge in [-0.05, 0) is 5.56 Å². The largest absolute Gasteiger partial charge is 0.368 e. The Labute approximate surface area is 94.4 Å². The van der Waals surface area contributed by atoms with Crippen molar-refractivity contribution in [3.05, 3.63) is 35.9 Å². The Balaban J connectivity index is 2.70. The number of nitrogens with two attached hydrogens (primary N) is 2. The van der Waals surface area contributed by atoms with Crippen LogP contribution in [0.4, 0.5) is 0 Å². The molecule has 5 nitrogen and oxygen atoms in total. The molecule has 1 rings (SSSR count). The van der Waals surface area contributed by atoms with Crippen molar-refractivity contribution in [1.29, 1.82) is 0 Å². The molecule has 0 aromatic heterocycles. The highest BCUT2D eigenvalue weighted by Crippen LogP contribution is 2.06. The van der Waals surface area contributed by atoms with E-state index in [4.69, 9.17) is 11.5 Å². The van der Waals surface area contributed by atoms with Crippen LogP contribution >= 0.6 is 0 Å². The summed E-state index contributed by atoms with van der Waals surface area (Å²) in [6.07, 6.45) is 0. The van der Waals surface area contributed by atoms with Crippen LogP contribution in [0.1, 0.15) is 5.56 Å². The molecule has 4 N–H and O–H groups in total. The number of rotatable bonds is 5. The Bertz CT molecular complexity index is 456. The fourth-order valence-corrected chi connectivity index (χ4v) is 2.77. The van der Waals surface area contributed by atoms with Gasteiger partial charge in [0.2, 0.25) is 5.91 Å². The third kappa shape index (κ3) is 4.00. The lowest BCUT2D eigenvalue weighted by molar-refractivity contribution is -0.118. The van der Waals surface area contributed by atoms with E-state index < -0.39 is 27.5 Å². The monoisotopic (exact) mass is 242 g/mol. The summed E-state index contributed by atoms with van der Waals surface area (Å²) >= 11 is 0. The Morgan fingerprint density at radius 3 is 2.31 bits per heavy atom. The van der Waals surface area contributed by atoms with Crippen molar-refractivity contribution in [3.8, 4) is 0 Å². The minimum atomic E-state index is -3.40. The predicted molar refractivity (Wildman–Crippen MR) is 61.1 cm³/mol. The van der Waals surface area contributed by atoms with Crippen LogP contribution in [-0.2, 0) is 20.4 Å². The van der Waals surface area contributed by atoms with Crippen LogP contribution in [0.5, 0.6) is 0 Å². The second-order valence-corrected chi connectivity index (χ2v) is 5.66. The highest BCUT2D eigenvalue weighted by Gasteiger charge is 2.20. The van der Waals surface area contributed by atoms with Gasteiger partial charge in [0, 0.05) is 0 Å². The maximum atomic E-state index is 11.6. The van der Waals surface area contributed by atoms with Crippen LogP contribution in [-0.4, -0.2) is 26.1 Å². The normalized spacial score (nSPS) is 13.3. The van der Waals surface area contributed by atoms with E-state index in [0.29, 0.717) is 5.56 Å². The molecule has 6 heteroatoms. The third-order valence-electron chi connectivity index (χ3n) is 2.03. The molecule has 0 aliphatic carbocycles. The van der Waals surface area contributed by atoms with E-state index >= 15 is 0 Å². The zero-order valence-corrected chi connectivity index (χ0v) is 9.48. The maximum Gasteiger partial charge on any atom is 0.235 e. The summed E-state index contributed by atoms with van der Waals surface area (Å²) in [5.41, 5.74) is 10.9. The standard InChI is InChI=1S/C10H14N2O3S/c11-9(10(12)13)7-16(14,15)6-8-4-2-1-3-5-8/h1-5,9H,6-7,11H2,(H2,12,13)/t9-/m0/s1. The Kier molecular flexibility index (Phi) is 4.03. The molecule has 1 aromatic rings. The zero-order chi connectivity index (χ0) is 12.2. The minimum absolute atomic E-state index is 0.130. The number of sulfone groups is 1. The van der Waals surface area contributed by atoms with E-state index in [-0.39, 0.29) is 5.75 Å². The van der Waals surface area contributed by atoms with Gasteiger partial charge in [0.05, 0.1) is 17.5 Å². The summed E-state index contributed by atoms with van der Waals surface area (Å²) < 4.78 is 23.3.